The van der Waals surface area contributed by atoms with Gasteiger partial charge in [-0.2, -0.15) is 5.10 Å². The first-order chi connectivity index (χ1) is 10.4. The zero-order chi connectivity index (χ0) is 16.3. The Balaban J connectivity index is 2.07. The maximum atomic E-state index is 12.1. The van der Waals surface area contributed by atoms with Crippen LogP contribution in [-0.4, -0.2) is 25.6 Å². The van der Waals surface area contributed by atoms with Crippen molar-refractivity contribution in [1.29, 1.82) is 0 Å². The van der Waals surface area contributed by atoms with Gasteiger partial charge in [0.2, 0.25) is 5.91 Å². The predicted octanol–water partition coefficient (Wildman–Crippen LogP) is 1.68. The zero-order valence-electron chi connectivity index (χ0n) is 12.6. The third-order valence-electron chi connectivity index (χ3n) is 3.33. The standard InChI is InChI=1S/C14H17N5O3/c1-9(12-6-4-5-7-15-12)16-13(20)8-18-11(3)14(19(21)22)10(2)17-18/h4-7,9H,8H2,1-3H3,(H,16,20). The molecule has 0 saturated heterocycles. The van der Waals surface area contributed by atoms with Gasteiger partial charge < -0.3 is 5.32 Å². The first-order valence-corrected chi connectivity index (χ1v) is 6.79. The number of carbonyl (C=O) groups excluding carboxylic acids is 1. The summed E-state index contributed by atoms with van der Waals surface area (Å²) in [4.78, 5) is 26.7. The van der Waals surface area contributed by atoms with E-state index in [1.54, 1.807) is 26.1 Å². The maximum Gasteiger partial charge on any atom is 0.312 e. The normalized spacial score (nSPS) is 12.0. The molecule has 1 N–H and O–H groups in total. The Hall–Kier alpha value is -2.77. The summed E-state index contributed by atoms with van der Waals surface area (Å²) < 4.78 is 1.34. The third kappa shape index (κ3) is 3.27. The molecule has 0 spiro atoms. The van der Waals surface area contributed by atoms with Gasteiger partial charge in [0.15, 0.2) is 0 Å². The molecule has 2 aromatic heterocycles. The number of nitrogens with one attached hydrogen (secondary N) is 1. The van der Waals surface area contributed by atoms with Gasteiger partial charge in [0.25, 0.3) is 0 Å². The van der Waals surface area contributed by atoms with Crippen LogP contribution in [0.25, 0.3) is 0 Å². The monoisotopic (exact) mass is 303 g/mol. The first-order valence-electron chi connectivity index (χ1n) is 6.79. The van der Waals surface area contributed by atoms with Gasteiger partial charge in [-0.05, 0) is 32.9 Å². The maximum absolute atomic E-state index is 12.1. The Morgan fingerprint density at radius 3 is 2.73 bits per heavy atom. The van der Waals surface area contributed by atoms with Crippen LogP contribution in [0.3, 0.4) is 0 Å². The van der Waals surface area contributed by atoms with Crippen LogP contribution in [0.4, 0.5) is 5.69 Å². The van der Waals surface area contributed by atoms with Crippen LogP contribution in [0.1, 0.15) is 30.0 Å². The number of aryl methyl sites for hydroxylation is 1. The highest BCUT2D eigenvalue weighted by Crippen LogP contribution is 2.21. The Morgan fingerprint density at radius 2 is 2.18 bits per heavy atom. The lowest BCUT2D eigenvalue weighted by Crippen LogP contribution is -2.31. The molecule has 8 heteroatoms. The van der Waals surface area contributed by atoms with E-state index in [0.29, 0.717) is 11.4 Å². The van der Waals surface area contributed by atoms with E-state index in [9.17, 15) is 14.9 Å². The topological polar surface area (TPSA) is 103 Å². The van der Waals surface area contributed by atoms with Crippen molar-refractivity contribution in [3.8, 4) is 0 Å². The van der Waals surface area contributed by atoms with E-state index in [-0.39, 0.29) is 24.2 Å². The molecule has 0 aliphatic rings. The van der Waals surface area contributed by atoms with Crippen molar-refractivity contribution in [2.75, 3.05) is 0 Å². The fourth-order valence-electron chi connectivity index (χ4n) is 2.23. The molecule has 8 nitrogen and oxygen atoms in total. The molecular formula is C14H17N5O3. The van der Waals surface area contributed by atoms with Gasteiger partial charge in [0, 0.05) is 6.20 Å². The Labute approximate surface area is 127 Å². The lowest BCUT2D eigenvalue weighted by molar-refractivity contribution is -0.386. The van der Waals surface area contributed by atoms with Crippen molar-refractivity contribution >= 4 is 11.6 Å². The van der Waals surface area contributed by atoms with Gasteiger partial charge in [0.05, 0.1) is 16.7 Å². The molecule has 0 bridgehead atoms. The van der Waals surface area contributed by atoms with Crippen molar-refractivity contribution in [3.05, 3.63) is 51.6 Å². The number of nitrogens with zero attached hydrogens (tertiary/aromatic N) is 4. The Morgan fingerprint density at radius 1 is 1.45 bits per heavy atom. The van der Waals surface area contributed by atoms with E-state index in [1.165, 1.54) is 4.68 Å². The molecule has 0 radical (unpaired) electrons. The van der Waals surface area contributed by atoms with Crippen molar-refractivity contribution in [2.24, 2.45) is 0 Å². The second kappa shape index (κ2) is 6.33. The minimum atomic E-state index is -0.484. The first kappa shape index (κ1) is 15.6. The summed E-state index contributed by atoms with van der Waals surface area (Å²) in [6, 6.07) is 5.21. The van der Waals surface area contributed by atoms with E-state index in [0.717, 1.165) is 5.69 Å². The Kier molecular flexibility index (Phi) is 4.50. The molecule has 0 fully saturated rings. The summed E-state index contributed by atoms with van der Waals surface area (Å²) >= 11 is 0. The summed E-state index contributed by atoms with van der Waals surface area (Å²) in [5, 5.41) is 17.8. The number of hydrogen-bond donors (Lipinski definition) is 1. The minimum absolute atomic E-state index is 0.0504. The van der Waals surface area contributed by atoms with Crippen LogP contribution >= 0.6 is 0 Å². The van der Waals surface area contributed by atoms with Crippen LogP contribution in [0, 0.1) is 24.0 Å². The average Bonchev–Trinajstić information content (AvgIpc) is 2.74. The number of amides is 1. The molecule has 0 saturated carbocycles. The van der Waals surface area contributed by atoms with Gasteiger partial charge in [-0.25, -0.2) is 0 Å². The molecule has 22 heavy (non-hydrogen) atoms. The SMILES string of the molecule is Cc1nn(CC(=O)NC(C)c2ccccn2)c(C)c1[N+](=O)[O-]. The second-order valence-corrected chi connectivity index (χ2v) is 4.98. The highest BCUT2D eigenvalue weighted by Gasteiger charge is 2.23. The molecule has 116 valence electrons. The molecule has 2 rings (SSSR count). The van der Waals surface area contributed by atoms with E-state index in [4.69, 9.17) is 0 Å². The van der Waals surface area contributed by atoms with E-state index >= 15 is 0 Å². The van der Waals surface area contributed by atoms with Crippen molar-refractivity contribution in [2.45, 2.75) is 33.4 Å². The van der Waals surface area contributed by atoms with Crippen LogP contribution in [-0.2, 0) is 11.3 Å². The van der Waals surface area contributed by atoms with Gasteiger partial charge in [0.1, 0.15) is 17.9 Å². The third-order valence-corrected chi connectivity index (χ3v) is 3.33. The minimum Gasteiger partial charge on any atom is -0.346 e. The summed E-state index contributed by atoms with van der Waals surface area (Å²) in [6.07, 6.45) is 1.66. The molecule has 1 unspecified atom stereocenters. The molecule has 0 aliphatic carbocycles. The van der Waals surface area contributed by atoms with Gasteiger partial charge >= 0.3 is 5.69 Å². The molecule has 1 amide bonds. The van der Waals surface area contributed by atoms with Gasteiger partial charge in [-0.15, -0.1) is 0 Å². The lowest BCUT2D eigenvalue weighted by atomic mass is 10.2. The fraction of sp³-hybridized carbons (Fsp3) is 0.357. The number of aromatic nitrogens is 3. The van der Waals surface area contributed by atoms with E-state index < -0.39 is 4.92 Å². The summed E-state index contributed by atoms with van der Waals surface area (Å²) in [6.45, 7) is 4.88. The van der Waals surface area contributed by atoms with Crippen molar-refractivity contribution in [1.82, 2.24) is 20.1 Å². The molecule has 0 aromatic carbocycles. The average molecular weight is 303 g/mol. The highest BCUT2D eigenvalue weighted by molar-refractivity contribution is 5.76. The van der Waals surface area contributed by atoms with E-state index in [2.05, 4.69) is 15.4 Å². The molecular weight excluding hydrogens is 286 g/mol. The largest absolute Gasteiger partial charge is 0.346 e. The van der Waals surface area contributed by atoms with Gasteiger partial charge in [-0.1, -0.05) is 6.07 Å². The lowest BCUT2D eigenvalue weighted by Gasteiger charge is -2.13. The molecule has 2 aromatic rings. The highest BCUT2D eigenvalue weighted by atomic mass is 16.6. The molecule has 1 atom stereocenters. The second-order valence-electron chi connectivity index (χ2n) is 4.98. The van der Waals surface area contributed by atoms with Gasteiger partial charge in [-0.3, -0.25) is 24.6 Å². The summed E-state index contributed by atoms with van der Waals surface area (Å²) in [5.41, 5.74) is 1.36. The smallest absolute Gasteiger partial charge is 0.312 e. The Bertz CT molecular complexity index is 696. The van der Waals surface area contributed by atoms with E-state index in [1.807, 2.05) is 19.1 Å². The summed E-state index contributed by atoms with van der Waals surface area (Å²) in [7, 11) is 0. The number of nitro groups is 1. The van der Waals surface area contributed by atoms with Crippen molar-refractivity contribution < 1.29 is 9.72 Å². The molecule has 0 aliphatic heterocycles. The number of pyridine rings is 1. The van der Waals surface area contributed by atoms with Crippen LogP contribution in [0.2, 0.25) is 0 Å². The van der Waals surface area contributed by atoms with Crippen LogP contribution in [0.15, 0.2) is 24.4 Å². The van der Waals surface area contributed by atoms with Crippen LogP contribution < -0.4 is 5.32 Å². The van der Waals surface area contributed by atoms with Crippen LogP contribution in [0.5, 0.6) is 0 Å². The number of hydrogen-bond acceptors (Lipinski definition) is 5. The fourth-order valence-corrected chi connectivity index (χ4v) is 2.23. The predicted molar refractivity (Wildman–Crippen MR) is 79.2 cm³/mol. The molecule has 2 heterocycles. The number of carbonyl (C=O) groups is 1. The quantitative estimate of drug-likeness (QED) is 0.668. The summed E-state index contributed by atoms with van der Waals surface area (Å²) in [5.74, 6) is -0.279. The van der Waals surface area contributed by atoms with Crippen molar-refractivity contribution in [3.63, 3.8) is 0 Å². The zero-order valence-corrected chi connectivity index (χ0v) is 12.6. The number of rotatable bonds is 5.